The molecule has 0 aliphatic heterocycles. The van der Waals surface area contributed by atoms with Crippen molar-refractivity contribution < 1.29 is 9.90 Å². The molecule has 0 spiro atoms. The fraction of sp³-hybridized carbons (Fsp3) is 0.300. The molecule has 1 aromatic rings. The minimum Gasteiger partial charge on any atom is -0.481 e. The Morgan fingerprint density at radius 2 is 1.88 bits per heavy atom. The van der Waals surface area contributed by atoms with Gasteiger partial charge in [-0.3, -0.25) is 4.79 Å². The minimum atomic E-state index is -0.937. The number of hydrogen-bond acceptors (Lipinski definition) is 2. The number of hydrogen-bond donors (Lipinski definition) is 2. The van der Waals surface area contributed by atoms with E-state index in [9.17, 15) is 4.79 Å². The van der Waals surface area contributed by atoms with Crippen LogP contribution in [0.4, 0.5) is 0 Å². The molecule has 3 nitrogen and oxygen atoms in total. The van der Waals surface area contributed by atoms with Crippen molar-refractivity contribution in [1.29, 1.82) is 0 Å². The molecule has 0 amide bonds. The molecule has 1 rings (SSSR count). The monoisotopic (exact) mass is 283 g/mol. The van der Waals surface area contributed by atoms with E-state index in [1.807, 2.05) is 0 Å². The average molecular weight is 285 g/mol. The highest BCUT2D eigenvalue weighted by Crippen LogP contribution is 2.26. The predicted molar refractivity (Wildman–Crippen MR) is 67.6 cm³/mol. The quantitative estimate of drug-likeness (QED) is 0.893. The maximum atomic E-state index is 10.8. The highest BCUT2D eigenvalue weighted by atomic mass is 35.5. The van der Waals surface area contributed by atoms with Gasteiger partial charge in [0.25, 0.3) is 0 Å². The van der Waals surface area contributed by atoms with Crippen molar-refractivity contribution in [3.05, 3.63) is 33.8 Å². The molecule has 0 fully saturated rings. The van der Waals surface area contributed by atoms with E-state index >= 15 is 0 Å². The van der Waals surface area contributed by atoms with Crippen molar-refractivity contribution in [3.8, 4) is 0 Å². The Morgan fingerprint density at radius 1 is 1.38 bits per heavy atom. The molecule has 0 saturated carbocycles. The van der Waals surface area contributed by atoms with E-state index in [1.54, 1.807) is 18.2 Å². The van der Waals surface area contributed by atoms with Crippen LogP contribution in [0.1, 0.15) is 5.56 Å². The van der Waals surface area contributed by atoms with Crippen molar-refractivity contribution in [1.82, 2.24) is 0 Å². The van der Waals surface area contributed by atoms with E-state index in [0.717, 1.165) is 0 Å². The summed E-state index contributed by atoms with van der Waals surface area (Å²) in [6, 6.07) is 5.07. The standard InChI is InChI=1S/C10H11Cl2NO2.ClH/c11-8-2-1-3-9(12)7(8)4-6(5-13)10(14)15;/h1-3,6H,4-5,13H2,(H,14,15);1H/t6-;/m0./s1. The van der Waals surface area contributed by atoms with Crippen LogP contribution < -0.4 is 5.73 Å². The number of carboxylic acid groups (broad SMARTS) is 1. The number of nitrogens with two attached hydrogens (primary N) is 1. The summed E-state index contributed by atoms with van der Waals surface area (Å²) in [6.07, 6.45) is 0.254. The van der Waals surface area contributed by atoms with Crippen molar-refractivity contribution in [2.45, 2.75) is 6.42 Å². The van der Waals surface area contributed by atoms with Gasteiger partial charge in [0.2, 0.25) is 0 Å². The Morgan fingerprint density at radius 3 is 2.25 bits per heavy atom. The van der Waals surface area contributed by atoms with Gasteiger partial charge in [0, 0.05) is 16.6 Å². The summed E-state index contributed by atoms with van der Waals surface area (Å²) in [4.78, 5) is 10.8. The lowest BCUT2D eigenvalue weighted by Gasteiger charge is -2.12. The molecule has 3 N–H and O–H groups in total. The largest absolute Gasteiger partial charge is 0.481 e. The lowest BCUT2D eigenvalue weighted by molar-refractivity contribution is -0.141. The fourth-order valence-corrected chi connectivity index (χ4v) is 1.80. The van der Waals surface area contributed by atoms with Gasteiger partial charge in [-0.15, -0.1) is 12.4 Å². The van der Waals surface area contributed by atoms with E-state index in [2.05, 4.69) is 0 Å². The molecule has 1 aromatic carbocycles. The summed E-state index contributed by atoms with van der Waals surface area (Å²) in [5.74, 6) is -1.59. The van der Waals surface area contributed by atoms with Crippen LogP contribution >= 0.6 is 35.6 Å². The molecular weight excluding hydrogens is 272 g/mol. The molecule has 90 valence electrons. The smallest absolute Gasteiger partial charge is 0.308 e. The lowest BCUT2D eigenvalue weighted by Crippen LogP contribution is -2.25. The number of carbonyl (C=O) groups is 1. The van der Waals surface area contributed by atoms with Crippen molar-refractivity contribution >= 4 is 41.6 Å². The van der Waals surface area contributed by atoms with Crippen molar-refractivity contribution in [3.63, 3.8) is 0 Å². The average Bonchev–Trinajstić information content (AvgIpc) is 2.17. The van der Waals surface area contributed by atoms with E-state index in [4.69, 9.17) is 34.0 Å². The first-order valence-electron chi connectivity index (χ1n) is 4.42. The Balaban J connectivity index is 0.00000225. The van der Waals surface area contributed by atoms with Crippen molar-refractivity contribution in [2.24, 2.45) is 11.7 Å². The topological polar surface area (TPSA) is 63.3 Å². The van der Waals surface area contributed by atoms with Gasteiger partial charge in [0.05, 0.1) is 5.92 Å². The number of halogens is 3. The molecule has 16 heavy (non-hydrogen) atoms. The van der Waals surface area contributed by atoms with E-state index in [1.165, 1.54) is 0 Å². The minimum absolute atomic E-state index is 0. The Hall–Kier alpha value is -0.480. The zero-order chi connectivity index (χ0) is 11.4. The fourth-order valence-electron chi connectivity index (χ4n) is 1.25. The molecule has 0 radical (unpaired) electrons. The van der Waals surface area contributed by atoms with Gasteiger partial charge in [0.1, 0.15) is 0 Å². The normalized spacial score (nSPS) is 11.7. The summed E-state index contributed by atoms with van der Waals surface area (Å²) in [6.45, 7) is 0.0664. The van der Waals surface area contributed by atoms with E-state index in [-0.39, 0.29) is 25.4 Å². The first kappa shape index (κ1) is 15.5. The summed E-state index contributed by atoms with van der Waals surface area (Å²) < 4.78 is 0. The van der Waals surface area contributed by atoms with Crippen molar-refractivity contribution in [2.75, 3.05) is 6.54 Å². The molecular formula is C10H12Cl3NO2. The highest BCUT2D eigenvalue weighted by molar-refractivity contribution is 6.36. The van der Waals surface area contributed by atoms with Gasteiger partial charge in [-0.1, -0.05) is 29.3 Å². The maximum Gasteiger partial charge on any atom is 0.308 e. The molecule has 0 bridgehead atoms. The lowest BCUT2D eigenvalue weighted by atomic mass is 9.99. The zero-order valence-corrected chi connectivity index (χ0v) is 10.6. The summed E-state index contributed by atoms with van der Waals surface area (Å²) in [5.41, 5.74) is 5.99. The SMILES string of the molecule is Cl.NC[C@H](Cc1c(Cl)cccc1Cl)C(=O)O. The predicted octanol–water partition coefficient (Wildman–Crippen LogP) is 2.62. The summed E-state index contributed by atoms with van der Waals surface area (Å²) >= 11 is 11.8. The van der Waals surface area contributed by atoms with Crippen LogP contribution in [0.3, 0.4) is 0 Å². The Bertz CT molecular complexity index is 351. The van der Waals surface area contributed by atoms with Crippen LogP contribution in [0, 0.1) is 5.92 Å². The molecule has 6 heteroatoms. The molecule has 1 atom stereocenters. The van der Waals surface area contributed by atoms with Gasteiger partial charge in [-0.2, -0.15) is 0 Å². The van der Waals surface area contributed by atoms with Crippen LogP contribution in [-0.4, -0.2) is 17.6 Å². The van der Waals surface area contributed by atoms with Gasteiger partial charge < -0.3 is 10.8 Å². The van der Waals surface area contributed by atoms with Gasteiger partial charge in [-0.05, 0) is 24.1 Å². The zero-order valence-electron chi connectivity index (χ0n) is 8.32. The first-order chi connectivity index (χ1) is 7.06. The van der Waals surface area contributed by atoms with Crippen LogP contribution in [0.5, 0.6) is 0 Å². The summed E-state index contributed by atoms with van der Waals surface area (Å²) in [7, 11) is 0. The highest BCUT2D eigenvalue weighted by Gasteiger charge is 2.18. The number of rotatable bonds is 4. The molecule has 0 aliphatic carbocycles. The molecule has 0 heterocycles. The third-order valence-electron chi connectivity index (χ3n) is 2.15. The van der Waals surface area contributed by atoms with Gasteiger partial charge in [0.15, 0.2) is 0 Å². The van der Waals surface area contributed by atoms with Gasteiger partial charge in [-0.25, -0.2) is 0 Å². The second-order valence-electron chi connectivity index (χ2n) is 3.18. The Kier molecular flexibility index (Phi) is 6.76. The molecule has 0 unspecified atom stereocenters. The molecule has 0 saturated heterocycles. The van der Waals surface area contributed by atoms with Crippen LogP contribution in [0.15, 0.2) is 18.2 Å². The maximum absolute atomic E-state index is 10.8. The Labute approximate surface area is 110 Å². The van der Waals surface area contributed by atoms with E-state index < -0.39 is 11.9 Å². The van der Waals surface area contributed by atoms with Crippen LogP contribution in [-0.2, 0) is 11.2 Å². The molecule has 0 aromatic heterocycles. The second kappa shape index (κ2) is 6.97. The third kappa shape index (κ3) is 3.83. The second-order valence-corrected chi connectivity index (χ2v) is 3.99. The van der Waals surface area contributed by atoms with E-state index in [0.29, 0.717) is 15.6 Å². The van der Waals surface area contributed by atoms with Crippen LogP contribution in [0.25, 0.3) is 0 Å². The van der Waals surface area contributed by atoms with Gasteiger partial charge >= 0.3 is 5.97 Å². The number of aliphatic carboxylic acids is 1. The first-order valence-corrected chi connectivity index (χ1v) is 5.17. The van der Waals surface area contributed by atoms with Crippen LogP contribution in [0.2, 0.25) is 10.0 Å². The molecule has 0 aliphatic rings. The summed E-state index contributed by atoms with van der Waals surface area (Å²) in [5, 5.41) is 9.80. The number of carboxylic acids is 1. The third-order valence-corrected chi connectivity index (χ3v) is 2.85. The number of benzene rings is 1.